The van der Waals surface area contributed by atoms with Crippen molar-refractivity contribution in [3.8, 4) is 16.5 Å². The first-order chi connectivity index (χ1) is 14.7. The standard InChI is InChI=1S/C20H19N7O2S/c1-14-6-7-27(23-14)19-5-4-18(21-22-19)25-8-10-26(11-9-25)20(28)15-13-16(29-24-15)17-3-2-12-30-17/h2-7,12-13H,8-11H2,1H3. The van der Waals surface area contributed by atoms with Crippen LogP contribution < -0.4 is 4.90 Å². The lowest BCUT2D eigenvalue weighted by atomic mass is 10.2. The lowest BCUT2D eigenvalue weighted by Crippen LogP contribution is -2.49. The highest BCUT2D eigenvalue weighted by atomic mass is 32.1. The number of nitrogens with zero attached hydrogens (tertiary/aromatic N) is 7. The summed E-state index contributed by atoms with van der Waals surface area (Å²) < 4.78 is 7.04. The molecule has 30 heavy (non-hydrogen) atoms. The van der Waals surface area contributed by atoms with E-state index < -0.39 is 0 Å². The summed E-state index contributed by atoms with van der Waals surface area (Å²) in [6.45, 7) is 4.46. The fraction of sp³-hybridized carbons (Fsp3) is 0.250. The number of anilines is 1. The summed E-state index contributed by atoms with van der Waals surface area (Å²) in [6.07, 6.45) is 1.86. The van der Waals surface area contributed by atoms with Crippen LogP contribution in [0.15, 0.2) is 52.5 Å². The molecule has 9 nitrogen and oxygen atoms in total. The van der Waals surface area contributed by atoms with Gasteiger partial charge in [-0.15, -0.1) is 21.5 Å². The predicted octanol–water partition coefficient (Wildman–Crippen LogP) is 2.65. The Morgan fingerprint density at radius 1 is 1.07 bits per heavy atom. The molecule has 0 saturated carbocycles. The molecule has 0 aliphatic carbocycles. The van der Waals surface area contributed by atoms with E-state index in [0.717, 1.165) is 16.4 Å². The second-order valence-corrected chi connectivity index (χ2v) is 7.93. The minimum absolute atomic E-state index is 0.114. The molecule has 1 aliphatic rings. The molecule has 1 amide bonds. The topological polar surface area (TPSA) is 93.2 Å². The molecule has 1 aliphatic heterocycles. The highest BCUT2D eigenvalue weighted by Gasteiger charge is 2.25. The number of rotatable bonds is 4. The molecule has 5 heterocycles. The number of hydrogen-bond donors (Lipinski definition) is 0. The van der Waals surface area contributed by atoms with Gasteiger partial charge in [0.2, 0.25) is 0 Å². The van der Waals surface area contributed by atoms with E-state index in [0.29, 0.717) is 43.5 Å². The number of amides is 1. The lowest BCUT2D eigenvalue weighted by molar-refractivity contribution is 0.0736. The Labute approximate surface area is 176 Å². The van der Waals surface area contributed by atoms with Gasteiger partial charge in [-0.05, 0) is 36.6 Å². The van der Waals surface area contributed by atoms with Crippen molar-refractivity contribution in [2.75, 3.05) is 31.1 Å². The van der Waals surface area contributed by atoms with Crippen molar-refractivity contribution in [3.63, 3.8) is 0 Å². The average Bonchev–Trinajstić information content (AvgIpc) is 3.55. The van der Waals surface area contributed by atoms with Crippen molar-refractivity contribution in [2.45, 2.75) is 6.92 Å². The highest BCUT2D eigenvalue weighted by Crippen LogP contribution is 2.25. The second kappa shape index (κ2) is 7.71. The monoisotopic (exact) mass is 421 g/mol. The second-order valence-electron chi connectivity index (χ2n) is 6.98. The Balaban J connectivity index is 1.21. The number of thiophene rings is 1. The van der Waals surface area contributed by atoms with E-state index in [9.17, 15) is 4.79 Å². The zero-order valence-corrected chi connectivity index (χ0v) is 17.1. The molecule has 0 spiro atoms. The van der Waals surface area contributed by atoms with Gasteiger partial charge in [0, 0.05) is 38.4 Å². The molecular formula is C20H19N7O2S. The Morgan fingerprint density at radius 3 is 2.53 bits per heavy atom. The molecule has 0 N–H and O–H groups in total. The van der Waals surface area contributed by atoms with E-state index in [1.807, 2.05) is 48.8 Å². The van der Waals surface area contributed by atoms with Crippen LogP contribution in [0.4, 0.5) is 5.82 Å². The maximum absolute atomic E-state index is 12.8. The van der Waals surface area contributed by atoms with Crippen molar-refractivity contribution in [2.24, 2.45) is 0 Å². The van der Waals surface area contributed by atoms with Crippen molar-refractivity contribution in [3.05, 3.63) is 59.4 Å². The third-order valence-electron chi connectivity index (χ3n) is 4.98. The minimum Gasteiger partial charge on any atom is -0.355 e. The van der Waals surface area contributed by atoms with E-state index in [-0.39, 0.29) is 5.91 Å². The van der Waals surface area contributed by atoms with E-state index in [4.69, 9.17) is 4.52 Å². The summed E-state index contributed by atoms with van der Waals surface area (Å²) in [7, 11) is 0. The normalized spacial score (nSPS) is 14.3. The number of aryl methyl sites for hydroxylation is 1. The van der Waals surface area contributed by atoms with Gasteiger partial charge in [-0.1, -0.05) is 11.2 Å². The molecule has 0 bridgehead atoms. The van der Waals surface area contributed by atoms with E-state index in [1.54, 1.807) is 27.0 Å². The fourth-order valence-corrected chi connectivity index (χ4v) is 4.04. The number of aromatic nitrogens is 5. The summed E-state index contributed by atoms with van der Waals surface area (Å²) in [5, 5.41) is 18.9. The summed E-state index contributed by atoms with van der Waals surface area (Å²) in [5.74, 6) is 1.97. The van der Waals surface area contributed by atoms with Crippen LogP contribution in [-0.2, 0) is 0 Å². The average molecular weight is 421 g/mol. The zero-order chi connectivity index (χ0) is 20.5. The van der Waals surface area contributed by atoms with Crippen LogP contribution in [0.2, 0.25) is 0 Å². The van der Waals surface area contributed by atoms with Crippen LogP contribution in [0, 0.1) is 6.92 Å². The highest BCUT2D eigenvalue weighted by molar-refractivity contribution is 7.13. The Morgan fingerprint density at radius 2 is 1.87 bits per heavy atom. The lowest BCUT2D eigenvalue weighted by Gasteiger charge is -2.34. The van der Waals surface area contributed by atoms with Crippen LogP contribution in [0.25, 0.3) is 16.5 Å². The molecule has 0 atom stereocenters. The van der Waals surface area contributed by atoms with Gasteiger partial charge in [0.25, 0.3) is 5.91 Å². The van der Waals surface area contributed by atoms with Crippen molar-refractivity contribution >= 4 is 23.1 Å². The SMILES string of the molecule is Cc1ccn(-c2ccc(N3CCN(C(=O)c4cc(-c5cccs5)on4)CC3)nn2)n1. The number of piperazine rings is 1. The van der Waals surface area contributed by atoms with Crippen LogP contribution >= 0.6 is 11.3 Å². The smallest absolute Gasteiger partial charge is 0.276 e. The first kappa shape index (κ1) is 18.5. The summed E-state index contributed by atoms with van der Waals surface area (Å²) >= 11 is 1.55. The maximum atomic E-state index is 12.8. The zero-order valence-electron chi connectivity index (χ0n) is 16.3. The van der Waals surface area contributed by atoms with Crippen LogP contribution in [-0.4, -0.2) is 62.1 Å². The largest absolute Gasteiger partial charge is 0.355 e. The van der Waals surface area contributed by atoms with Crippen LogP contribution in [0.1, 0.15) is 16.2 Å². The van der Waals surface area contributed by atoms with Gasteiger partial charge in [0.1, 0.15) is 0 Å². The van der Waals surface area contributed by atoms with Gasteiger partial charge < -0.3 is 14.3 Å². The van der Waals surface area contributed by atoms with E-state index in [2.05, 4.69) is 25.4 Å². The molecular weight excluding hydrogens is 402 g/mol. The third-order valence-corrected chi connectivity index (χ3v) is 5.86. The molecule has 1 saturated heterocycles. The quantitative estimate of drug-likeness (QED) is 0.500. The van der Waals surface area contributed by atoms with Gasteiger partial charge in [-0.25, -0.2) is 4.68 Å². The molecule has 152 valence electrons. The molecule has 0 aromatic carbocycles. The fourth-order valence-electron chi connectivity index (χ4n) is 3.36. The Hall–Kier alpha value is -3.53. The molecule has 0 unspecified atom stereocenters. The Kier molecular flexibility index (Phi) is 4.75. The van der Waals surface area contributed by atoms with Gasteiger partial charge >= 0.3 is 0 Å². The van der Waals surface area contributed by atoms with Crippen molar-refractivity contribution in [1.29, 1.82) is 0 Å². The Bertz CT molecular complexity index is 1140. The van der Waals surface area contributed by atoms with Gasteiger partial charge in [-0.3, -0.25) is 4.79 Å². The van der Waals surface area contributed by atoms with E-state index in [1.165, 1.54) is 0 Å². The molecule has 4 aromatic heterocycles. The van der Waals surface area contributed by atoms with Gasteiger partial charge in [-0.2, -0.15) is 5.10 Å². The first-order valence-corrected chi connectivity index (χ1v) is 10.5. The summed E-state index contributed by atoms with van der Waals surface area (Å²) in [6, 6.07) is 11.3. The van der Waals surface area contributed by atoms with Gasteiger partial charge in [0.05, 0.1) is 10.6 Å². The van der Waals surface area contributed by atoms with Crippen molar-refractivity contribution < 1.29 is 9.32 Å². The molecule has 1 fully saturated rings. The van der Waals surface area contributed by atoms with Crippen LogP contribution in [0.3, 0.4) is 0 Å². The molecule has 4 aromatic rings. The maximum Gasteiger partial charge on any atom is 0.276 e. The number of carbonyl (C=O) groups is 1. The first-order valence-electron chi connectivity index (χ1n) is 9.58. The summed E-state index contributed by atoms with van der Waals surface area (Å²) in [5.41, 5.74) is 1.27. The number of carbonyl (C=O) groups excluding carboxylic acids is 1. The molecule has 0 radical (unpaired) electrons. The third kappa shape index (κ3) is 3.57. The minimum atomic E-state index is -0.114. The van der Waals surface area contributed by atoms with Gasteiger partial charge in [0.15, 0.2) is 23.1 Å². The predicted molar refractivity (Wildman–Crippen MR) is 112 cm³/mol. The number of hydrogen-bond acceptors (Lipinski definition) is 8. The van der Waals surface area contributed by atoms with E-state index >= 15 is 0 Å². The van der Waals surface area contributed by atoms with Crippen molar-refractivity contribution in [1.82, 2.24) is 30.0 Å². The van der Waals surface area contributed by atoms with Crippen LogP contribution in [0.5, 0.6) is 0 Å². The molecule has 5 rings (SSSR count). The molecule has 10 heteroatoms. The summed E-state index contributed by atoms with van der Waals surface area (Å²) in [4.78, 5) is 17.6.